The van der Waals surface area contributed by atoms with Crippen molar-refractivity contribution in [2.45, 2.75) is 135 Å². The lowest BCUT2D eigenvalue weighted by molar-refractivity contribution is -0.296. The molecule has 2 aromatic rings. The van der Waals surface area contributed by atoms with Crippen molar-refractivity contribution < 1.29 is 48.7 Å². The highest BCUT2D eigenvalue weighted by Gasteiger charge is 2.51. The van der Waals surface area contributed by atoms with Crippen molar-refractivity contribution >= 4 is 34.6 Å². The summed E-state index contributed by atoms with van der Waals surface area (Å²) in [5.74, 6) is -4.95. The molecule has 13 atom stereocenters. The highest BCUT2D eigenvalue weighted by atomic mass is 16.7. The van der Waals surface area contributed by atoms with Gasteiger partial charge in [0.15, 0.2) is 12.1 Å². The van der Waals surface area contributed by atoms with Gasteiger partial charge < -0.3 is 44.5 Å². The second kappa shape index (κ2) is 18.1. The number of esters is 1. The third kappa shape index (κ3) is 9.92. The summed E-state index contributed by atoms with van der Waals surface area (Å²) in [5.41, 5.74) is -1.64. The van der Waals surface area contributed by atoms with Crippen LogP contribution in [0, 0.1) is 17.8 Å². The number of aromatic nitrogens is 1. The van der Waals surface area contributed by atoms with Crippen molar-refractivity contribution in [2.75, 3.05) is 20.7 Å². The first-order valence-electron chi connectivity index (χ1n) is 19.1. The fraction of sp³-hybridized carbons (Fsp3) is 0.659. The molecule has 0 unspecified atom stereocenters. The van der Waals surface area contributed by atoms with Gasteiger partial charge in [0.1, 0.15) is 29.8 Å². The molecule has 54 heavy (non-hydrogen) atoms. The zero-order chi connectivity index (χ0) is 40.1. The van der Waals surface area contributed by atoms with E-state index in [1.54, 1.807) is 40.8 Å². The summed E-state index contributed by atoms with van der Waals surface area (Å²) < 4.78 is 25.2. The Morgan fingerprint density at radius 1 is 1.07 bits per heavy atom. The number of ether oxygens (including phenoxy) is 4. The number of likely N-dealkylation sites (N-methyl/N-ethyl adjacent to an activating group) is 1. The van der Waals surface area contributed by atoms with Crippen LogP contribution in [0.5, 0.6) is 0 Å². The van der Waals surface area contributed by atoms with Crippen LogP contribution in [0.4, 0.5) is 0 Å². The molecular formula is C41H61N3O10. The molecule has 13 nitrogen and oxygen atoms in total. The lowest BCUT2D eigenvalue weighted by Crippen LogP contribution is -2.60. The van der Waals surface area contributed by atoms with Crippen LogP contribution < -0.4 is 5.32 Å². The Labute approximate surface area is 319 Å². The van der Waals surface area contributed by atoms with Gasteiger partial charge in [0.2, 0.25) is 5.91 Å². The molecule has 4 N–H and O–H groups in total. The fourth-order valence-corrected chi connectivity index (χ4v) is 7.81. The van der Waals surface area contributed by atoms with E-state index in [1.807, 2.05) is 68.4 Å². The zero-order valence-electron chi connectivity index (χ0n) is 33.4. The van der Waals surface area contributed by atoms with Crippen LogP contribution in [0.2, 0.25) is 0 Å². The zero-order valence-corrected chi connectivity index (χ0v) is 33.4. The molecule has 300 valence electrons. The lowest BCUT2D eigenvalue weighted by Gasteiger charge is -2.47. The van der Waals surface area contributed by atoms with Gasteiger partial charge in [-0.25, -0.2) is 0 Å². The monoisotopic (exact) mass is 755 g/mol. The number of hydrogen-bond acceptors (Lipinski definition) is 12. The second-order valence-electron chi connectivity index (χ2n) is 15.9. The molecule has 3 heterocycles. The number of amides is 1. The Hall–Kier alpha value is -3.30. The number of carbonyl (C=O) groups excluding carboxylic acids is 3. The number of carbonyl (C=O) groups is 3. The Bertz CT molecular complexity index is 1630. The Balaban J connectivity index is 1.77. The number of benzene rings is 1. The number of pyridine rings is 1. The summed E-state index contributed by atoms with van der Waals surface area (Å²) in [5, 5.41) is 38.0. The van der Waals surface area contributed by atoms with Crippen LogP contribution in [0.1, 0.15) is 80.2 Å². The molecule has 0 bridgehead atoms. The van der Waals surface area contributed by atoms with E-state index in [0.29, 0.717) is 6.42 Å². The average Bonchev–Trinajstić information content (AvgIpc) is 3.13. The topological polar surface area (TPSA) is 177 Å². The highest BCUT2D eigenvalue weighted by Crippen LogP contribution is 2.37. The Morgan fingerprint density at radius 3 is 2.43 bits per heavy atom. The van der Waals surface area contributed by atoms with Gasteiger partial charge in [-0.1, -0.05) is 51.1 Å². The third-order valence-electron chi connectivity index (χ3n) is 11.2. The number of cyclic esters (lactones) is 1. The number of ketones is 1. The van der Waals surface area contributed by atoms with Gasteiger partial charge in [-0.2, -0.15) is 0 Å². The number of aliphatic hydroxyl groups is 3. The molecule has 0 aliphatic carbocycles. The summed E-state index contributed by atoms with van der Waals surface area (Å²) in [7, 11) is 3.71. The fourth-order valence-electron chi connectivity index (χ4n) is 7.81. The van der Waals surface area contributed by atoms with E-state index in [0.717, 1.165) is 16.5 Å². The molecule has 2 aliphatic rings. The molecular weight excluding hydrogens is 694 g/mol. The molecule has 0 radical (unpaired) electrons. The van der Waals surface area contributed by atoms with Crippen molar-refractivity contribution in [2.24, 2.45) is 17.8 Å². The summed E-state index contributed by atoms with van der Waals surface area (Å²) in [4.78, 5) is 48.1. The smallest absolute Gasteiger partial charge is 0.316 e. The average molecular weight is 756 g/mol. The third-order valence-corrected chi connectivity index (χ3v) is 11.2. The van der Waals surface area contributed by atoms with Crippen molar-refractivity contribution in [1.82, 2.24) is 15.2 Å². The van der Waals surface area contributed by atoms with Gasteiger partial charge in [-0.05, 0) is 85.7 Å². The number of rotatable bonds is 8. The first-order valence-corrected chi connectivity index (χ1v) is 19.1. The van der Waals surface area contributed by atoms with Crippen molar-refractivity contribution in [3.05, 3.63) is 48.2 Å². The standard InChI is InChI=1S/C41H61N3O10/c1-11-32-41(8,50)35(47)27(6)43-37(48)23(2)21-40(7,51-18-14-15-28-20-29-16-12-13-17-30(29)42-22-28)36(25(4)33(45)26(5)38(49)53-32)54-39-34(46)31(44(9)10)19-24(3)52-39/h12-17,20,22-27,31-32,34-36,39,46-47,50H,11,18-19,21H2,1-10H3,(H,43,48)/b15-14+/t23-,24-,25+,26-,27-,31+,32-,34-,35-,36-,39+,40-,41-/m1/s1. The largest absolute Gasteiger partial charge is 0.459 e. The van der Waals surface area contributed by atoms with Gasteiger partial charge in [0.25, 0.3) is 0 Å². The van der Waals surface area contributed by atoms with E-state index < -0.39 is 83.4 Å². The molecule has 2 aliphatic heterocycles. The molecule has 1 aromatic heterocycles. The minimum Gasteiger partial charge on any atom is -0.459 e. The lowest BCUT2D eigenvalue weighted by atomic mass is 9.78. The number of nitrogens with one attached hydrogen (secondary N) is 1. The van der Waals surface area contributed by atoms with Gasteiger partial charge in [0, 0.05) is 29.5 Å². The van der Waals surface area contributed by atoms with Gasteiger partial charge in [-0.15, -0.1) is 0 Å². The molecule has 13 heteroatoms. The molecule has 2 fully saturated rings. The molecule has 1 aromatic carbocycles. The second-order valence-corrected chi connectivity index (χ2v) is 15.9. The van der Waals surface area contributed by atoms with Crippen LogP contribution in [-0.4, -0.2) is 124 Å². The van der Waals surface area contributed by atoms with Crippen LogP contribution in [0.15, 0.2) is 42.6 Å². The SMILES string of the molecule is CC[C@H]1OC(=O)[C@H](C)C(=O)[C@H](C)[C@@H](O[C@@H]2O[C@H](C)C[C@H](N(C)C)[C@H]2O)[C@](C)(OC/C=C/c2cnc3ccccc3c2)C[C@@H](C)C(=O)N[C@H](C)[C@@H](O)[C@]1(C)O. The van der Waals surface area contributed by atoms with Crippen LogP contribution in [-0.2, 0) is 33.3 Å². The quantitative estimate of drug-likeness (QED) is 0.228. The number of hydrogen-bond donors (Lipinski definition) is 4. The maximum absolute atomic E-state index is 14.3. The predicted molar refractivity (Wildman–Crippen MR) is 204 cm³/mol. The molecule has 0 saturated carbocycles. The van der Waals surface area contributed by atoms with Crippen molar-refractivity contribution in [3.8, 4) is 0 Å². The molecule has 2 saturated heterocycles. The number of nitrogens with zero attached hydrogens (tertiary/aromatic N) is 2. The van der Waals surface area contributed by atoms with E-state index in [-0.39, 0.29) is 31.6 Å². The summed E-state index contributed by atoms with van der Waals surface area (Å²) in [6.07, 6.45) is -0.293. The van der Waals surface area contributed by atoms with E-state index >= 15 is 0 Å². The van der Waals surface area contributed by atoms with Crippen LogP contribution >= 0.6 is 0 Å². The minimum atomic E-state index is -1.96. The van der Waals surface area contributed by atoms with Gasteiger partial charge in [-0.3, -0.25) is 19.4 Å². The Morgan fingerprint density at radius 2 is 1.76 bits per heavy atom. The highest BCUT2D eigenvalue weighted by molar-refractivity contribution is 6.00. The van der Waals surface area contributed by atoms with E-state index in [1.165, 1.54) is 13.8 Å². The number of aliphatic hydroxyl groups excluding tert-OH is 2. The molecule has 4 rings (SSSR count). The maximum Gasteiger partial charge on any atom is 0.316 e. The summed E-state index contributed by atoms with van der Waals surface area (Å²) >= 11 is 0. The normalized spacial score (nSPS) is 37.9. The summed E-state index contributed by atoms with van der Waals surface area (Å²) in [6, 6.07) is 8.52. The predicted octanol–water partition coefficient (Wildman–Crippen LogP) is 3.65. The number of Topliss-reactive ketones (excluding diaryl/α,β-unsaturated/α-hetero) is 1. The minimum absolute atomic E-state index is 0.0254. The molecule has 1 amide bonds. The number of fused-ring (bicyclic) bond motifs is 1. The van der Waals surface area contributed by atoms with Crippen molar-refractivity contribution in [3.63, 3.8) is 0 Å². The van der Waals surface area contributed by atoms with E-state index in [4.69, 9.17) is 18.9 Å². The maximum atomic E-state index is 14.3. The Kier molecular flexibility index (Phi) is 14.6. The van der Waals surface area contributed by atoms with Crippen LogP contribution in [0.3, 0.4) is 0 Å². The van der Waals surface area contributed by atoms with Gasteiger partial charge >= 0.3 is 5.97 Å². The van der Waals surface area contributed by atoms with Crippen molar-refractivity contribution in [1.29, 1.82) is 0 Å². The summed E-state index contributed by atoms with van der Waals surface area (Å²) in [6.45, 7) is 13.0. The van der Waals surface area contributed by atoms with E-state index in [2.05, 4.69) is 10.3 Å². The first kappa shape index (κ1) is 43.4. The van der Waals surface area contributed by atoms with Gasteiger partial charge in [0.05, 0.1) is 36.0 Å². The van der Waals surface area contributed by atoms with E-state index in [9.17, 15) is 29.7 Å². The first-order chi connectivity index (χ1) is 25.3. The number of para-hydroxylation sites is 1. The van der Waals surface area contributed by atoms with Crippen LogP contribution in [0.25, 0.3) is 17.0 Å². The molecule has 0 spiro atoms.